The van der Waals surface area contributed by atoms with E-state index in [4.69, 9.17) is 27.8 Å². The molecule has 0 spiro atoms. The van der Waals surface area contributed by atoms with Crippen LogP contribution in [0.3, 0.4) is 0 Å². The molecule has 0 atom stereocenters. The largest absolute Gasteiger partial charge is 0.488 e. The second-order valence-electron chi connectivity index (χ2n) is 5.32. The van der Waals surface area contributed by atoms with Crippen molar-refractivity contribution in [1.29, 1.82) is 5.26 Å². The Balaban J connectivity index is 2.05. The van der Waals surface area contributed by atoms with Crippen molar-refractivity contribution in [3.05, 3.63) is 63.1 Å². The van der Waals surface area contributed by atoms with Crippen LogP contribution in [-0.4, -0.2) is 9.97 Å². The number of nitrogens with two attached hydrogens (primary N) is 2. The highest BCUT2D eigenvalue weighted by Gasteiger charge is 2.18. The third-order valence-electron chi connectivity index (χ3n) is 3.60. The Morgan fingerprint density at radius 2 is 1.92 bits per heavy atom. The fourth-order valence-electron chi connectivity index (χ4n) is 2.39. The fraction of sp³-hybridized carbons (Fsp3) is 0.0556. The minimum absolute atomic E-state index is 0.0199. The number of benzene rings is 2. The summed E-state index contributed by atoms with van der Waals surface area (Å²) in [7, 11) is 0. The molecule has 130 valence electrons. The minimum atomic E-state index is -0.0199. The third-order valence-corrected chi connectivity index (χ3v) is 4.47. The highest BCUT2D eigenvalue weighted by Crippen LogP contribution is 2.35. The third kappa shape index (κ3) is 3.72. The van der Waals surface area contributed by atoms with E-state index >= 15 is 0 Å². The molecule has 0 aliphatic rings. The Labute approximate surface area is 163 Å². The minimum Gasteiger partial charge on any atom is -0.488 e. The van der Waals surface area contributed by atoms with E-state index in [1.54, 1.807) is 18.2 Å². The zero-order valence-electron chi connectivity index (χ0n) is 13.4. The second kappa shape index (κ2) is 7.60. The maximum absolute atomic E-state index is 9.44. The molecule has 0 saturated heterocycles. The first-order chi connectivity index (χ1) is 12.5. The molecule has 0 bridgehead atoms. The molecular weight excluding hydrogens is 418 g/mol. The first-order valence-corrected chi connectivity index (χ1v) is 8.66. The van der Waals surface area contributed by atoms with Crippen LogP contribution >= 0.6 is 27.5 Å². The molecule has 0 aliphatic heterocycles. The summed E-state index contributed by atoms with van der Waals surface area (Å²) in [5.74, 6) is 0.516. The van der Waals surface area contributed by atoms with Gasteiger partial charge in [0.1, 0.15) is 29.8 Å². The molecule has 1 aromatic heterocycles. The second-order valence-corrected chi connectivity index (χ2v) is 6.65. The molecule has 1 heterocycles. The lowest BCUT2D eigenvalue weighted by Gasteiger charge is -2.14. The number of nitrogen functional groups attached to an aromatic ring is 2. The number of anilines is 2. The Kier molecular flexibility index (Phi) is 5.26. The monoisotopic (exact) mass is 429 g/mol. The highest BCUT2D eigenvalue weighted by molar-refractivity contribution is 9.10. The predicted octanol–water partition coefficient (Wildman–Crippen LogP) is 4.17. The summed E-state index contributed by atoms with van der Waals surface area (Å²) in [5.41, 5.74) is 13.4. The maximum atomic E-state index is 9.44. The zero-order valence-corrected chi connectivity index (χ0v) is 15.8. The average molecular weight is 431 g/mol. The Morgan fingerprint density at radius 3 is 2.65 bits per heavy atom. The molecule has 8 heteroatoms. The van der Waals surface area contributed by atoms with Gasteiger partial charge in [0.15, 0.2) is 0 Å². The molecule has 26 heavy (non-hydrogen) atoms. The van der Waals surface area contributed by atoms with Gasteiger partial charge in [-0.1, -0.05) is 45.7 Å². The summed E-state index contributed by atoms with van der Waals surface area (Å²) in [6.07, 6.45) is 0. The smallest absolute Gasteiger partial charge is 0.222 e. The highest BCUT2D eigenvalue weighted by atomic mass is 79.9. The van der Waals surface area contributed by atoms with E-state index < -0.39 is 0 Å². The van der Waals surface area contributed by atoms with Crippen LogP contribution in [-0.2, 0) is 6.61 Å². The van der Waals surface area contributed by atoms with Crippen molar-refractivity contribution in [2.75, 3.05) is 11.5 Å². The number of halogens is 2. The first kappa shape index (κ1) is 18.0. The van der Waals surface area contributed by atoms with Gasteiger partial charge < -0.3 is 16.2 Å². The summed E-state index contributed by atoms with van der Waals surface area (Å²) < 4.78 is 6.73. The molecule has 3 aromatic rings. The van der Waals surface area contributed by atoms with E-state index in [-0.39, 0.29) is 23.9 Å². The van der Waals surface area contributed by atoms with Crippen molar-refractivity contribution in [3.8, 4) is 23.1 Å². The van der Waals surface area contributed by atoms with Crippen LogP contribution in [0.1, 0.15) is 11.1 Å². The molecule has 4 N–H and O–H groups in total. The van der Waals surface area contributed by atoms with Crippen molar-refractivity contribution < 1.29 is 4.74 Å². The maximum Gasteiger partial charge on any atom is 0.222 e. The number of aromatic nitrogens is 2. The van der Waals surface area contributed by atoms with Gasteiger partial charge in [0.25, 0.3) is 0 Å². The average Bonchev–Trinajstić information content (AvgIpc) is 2.61. The lowest BCUT2D eigenvalue weighted by Crippen LogP contribution is -2.06. The van der Waals surface area contributed by atoms with Crippen LogP contribution in [0.4, 0.5) is 11.8 Å². The van der Waals surface area contributed by atoms with Crippen molar-refractivity contribution >= 4 is 39.3 Å². The van der Waals surface area contributed by atoms with E-state index in [1.165, 1.54) is 0 Å². The molecule has 0 amide bonds. The molecular formula is C18H13BrClN5O. The molecule has 0 saturated carbocycles. The van der Waals surface area contributed by atoms with Gasteiger partial charge in [0, 0.05) is 20.6 Å². The topological polar surface area (TPSA) is 111 Å². The fourth-order valence-corrected chi connectivity index (χ4v) is 2.94. The summed E-state index contributed by atoms with van der Waals surface area (Å²) in [5, 5.41) is 10.0. The molecule has 0 radical (unpaired) electrons. The van der Waals surface area contributed by atoms with Crippen LogP contribution in [0.25, 0.3) is 11.3 Å². The Morgan fingerprint density at radius 1 is 1.15 bits per heavy atom. The van der Waals surface area contributed by atoms with Gasteiger partial charge in [0.2, 0.25) is 5.95 Å². The first-order valence-electron chi connectivity index (χ1n) is 7.49. The van der Waals surface area contributed by atoms with Crippen molar-refractivity contribution in [3.63, 3.8) is 0 Å². The van der Waals surface area contributed by atoms with E-state index in [2.05, 4.69) is 25.9 Å². The van der Waals surface area contributed by atoms with Gasteiger partial charge in [-0.25, -0.2) is 4.98 Å². The number of rotatable bonds is 4. The number of hydrogen-bond acceptors (Lipinski definition) is 6. The van der Waals surface area contributed by atoms with Crippen LogP contribution < -0.4 is 16.2 Å². The van der Waals surface area contributed by atoms with Gasteiger partial charge >= 0.3 is 0 Å². The summed E-state index contributed by atoms with van der Waals surface area (Å²) >= 11 is 9.60. The molecule has 0 unspecified atom stereocenters. The standard InChI is InChI=1S/C18H13BrClN5O/c19-11-5-6-15(26-9-10-3-1-2-4-14(10)20)12(7-11)16-13(8-21)17(22)25-18(23)24-16/h1-7H,9H2,(H4,22,23,24,25). The molecule has 2 aromatic carbocycles. The summed E-state index contributed by atoms with van der Waals surface area (Å²) in [6.45, 7) is 0.256. The molecule has 0 fully saturated rings. The van der Waals surface area contributed by atoms with Gasteiger partial charge in [0.05, 0.1) is 5.69 Å². The normalized spacial score (nSPS) is 10.3. The van der Waals surface area contributed by atoms with Crippen molar-refractivity contribution in [2.45, 2.75) is 6.61 Å². The van der Waals surface area contributed by atoms with Gasteiger partial charge in [-0.2, -0.15) is 10.2 Å². The van der Waals surface area contributed by atoms with E-state index in [0.717, 1.165) is 10.0 Å². The lowest BCUT2D eigenvalue weighted by molar-refractivity contribution is 0.307. The number of ether oxygens (including phenoxy) is 1. The zero-order chi connectivity index (χ0) is 18.7. The van der Waals surface area contributed by atoms with Crippen LogP contribution in [0.2, 0.25) is 5.02 Å². The van der Waals surface area contributed by atoms with Gasteiger partial charge in [-0.15, -0.1) is 0 Å². The summed E-state index contributed by atoms with van der Waals surface area (Å²) in [6, 6.07) is 14.8. The van der Waals surface area contributed by atoms with Crippen LogP contribution in [0, 0.1) is 11.3 Å². The number of nitriles is 1. The molecule has 6 nitrogen and oxygen atoms in total. The van der Waals surface area contributed by atoms with Crippen molar-refractivity contribution in [2.24, 2.45) is 0 Å². The number of nitrogens with zero attached hydrogens (tertiary/aromatic N) is 3. The van der Waals surface area contributed by atoms with E-state index in [1.807, 2.05) is 30.3 Å². The number of hydrogen-bond donors (Lipinski definition) is 2. The van der Waals surface area contributed by atoms with Gasteiger partial charge in [-0.05, 0) is 24.3 Å². The SMILES string of the molecule is N#Cc1c(N)nc(N)nc1-c1cc(Br)ccc1OCc1ccccc1Cl. The lowest BCUT2D eigenvalue weighted by atomic mass is 10.1. The van der Waals surface area contributed by atoms with Gasteiger partial charge in [-0.3, -0.25) is 0 Å². The van der Waals surface area contributed by atoms with Crippen LogP contribution in [0.5, 0.6) is 5.75 Å². The van der Waals surface area contributed by atoms with E-state index in [9.17, 15) is 5.26 Å². The van der Waals surface area contributed by atoms with Crippen LogP contribution in [0.15, 0.2) is 46.9 Å². The molecule has 0 aliphatic carbocycles. The predicted molar refractivity (Wildman–Crippen MR) is 104 cm³/mol. The van der Waals surface area contributed by atoms with E-state index in [0.29, 0.717) is 22.0 Å². The Hall–Kier alpha value is -2.82. The summed E-state index contributed by atoms with van der Waals surface area (Å²) in [4.78, 5) is 8.03. The molecule has 3 rings (SSSR count). The van der Waals surface area contributed by atoms with Crippen molar-refractivity contribution in [1.82, 2.24) is 9.97 Å². The Bertz CT molecular complexity index is 1020. The quantitative estimate of drug-likeness (QED) is 0.642.